The number of phenolic OH excluding ortho intramolecular Hbond substituents is 1. The van der Waals surface area contributed by atoms with E-state index in [1.807, 2.05) is 6.07 Å². The molecule has 3 aromatic rings. The fraction of sp³-hybridized carbons (Fsp3) is 0.0556. The minimum absolute atomic E-state index is 0.119. The van der Waals surface area contributed by atoms with Gasteiger partial charge in [-0.1, -0.05) is 22.0 Å². The van der Waals surface area contributed by atoms with Crippen molar-refractivity contribution in [3.63, 3.8) is 0 Å². The molecule has 0 aliphatic heterocycles. The molecule has 0 saturated heterocycles. The third kappa shape index (κ3) is 3.88. The smallest absolute Gasteiger partial charge is 0.323 e. The zero-order valence-electron chi connectivity index (χ0n) is 13.1. The molecule has 25 heavy (non-hydrogen) atoms. The van der Waals surface area contributed by atoms with Gasteiger partial charge in [0.1, 0.15) is 11.5 Å². The van der Waals surface area contributed by atoms with Crippen molar-refractivity contribution in [2.45, 2.75) is 0 Å². The Morgan fingerprint density at radius 2 is 1.80 bits per heavy atom. The van der Waals surface area contributed by atoms with Crippen molar-refractivity contribution in [2.24, 2.45) is 0 Å². The Kier molecular flexibility index (Phi) is 5.15. The van der Waals surface area contributed by atoms with Crippen molar-refractivity contribution in [1.82, 2.24) is 0 Å². The van der Waals surface area contributed by atoms with Crippen LogP contribution in [0, 0.1) is 0 Å². The number of methoxy groups -OCH3 is 1. The lowest BCUT2D eigenvalue weighted by Gasteiger charge is -2.14. The number of anilines is 2. The summed E-state index contributed by atoms with van der Waals surface area (Å²) in [6, 6.07) is 13.5. The molecule has 0 radical (unpaired) electrons. The molecular weight excluding hydrogens is 452 g/mol. The number of ether oxygens (including phenoxy) is 1. The van der Waals surface area contributed by atoms with Gasteiger partial charge in [0, 0.05) is 26.1 Å². The number of nitrogens with one attached hydrogen (secondary N) is 2. The monoisotopic (exact) mass is 464 g/mol. The predicted molar refractivity (Wildman–Crippen MR) is 107 cm³/mol. The van der Waals surface area contributed by atoms with Gasteiger partial charge < -0.3 is 20.5 Å². The van der Waals surface area contributed by atoms with Gasteiger partial charge in [0.15, 0.2) is 0 Å². The summed E-state index contributed by atoms with van der Waals surface area (Å²) in [4.78, 5) is 12.4. The fourth-order valence-corrected chi connectivity index (χ4v) is 3.86. The predicted octanol–water partition coefficient (Wildman–Crippen LogP) is 5.72. The van der Waals surface area contributed by atoms with Gasteiger partial charge in [-0.15, -0.1) is 0 Å². The molecule has 3 N–H and O–H groups in total. The summed E-state index contributed by atoms with van der Waals surface area (Å²) in [5.74, 6) is 0.770. The minimum atomic E-state index is -0.402. The number of phenols is 1. The van der Waals surface area contributed by atoms with E-state index in [1.54, 1.807) is 49.6 Å². The van der Waals surface area contributed by atoms with Crippen LogP contribution in [0.2, 0.25) is 0 Å². The van der Waals surface area contributed by atoms with Crippen LogP contribution in [0.3, 0.4) is 0 Å². The Hall–Kier alpha value is -2.25. The van der Waals surface area contributed by atoms with E-state index in [9.17, 15) is 9.90 Å². The molecule has 0 aliphatic carbocycles. The molecule has 0 fully saturated rings. The molecule has 3 aromatic carbocycles. The van der Waals surface area contributed by atoms with Crippen LogP contribution < -0.4 is 15.4 Å². The molecule has 2 amide bonds. The van der Waals surface area contributed by atoms with E-state index in [1.165, 1.54) is 0 Å². The molecular formula is C18H14Br2N2O3. The number of hydrogen-bond donors (Lipinski definition) is 3. The average molecular weight is 466 g/mol. The second-order valence-electron chi connectivity index (χ2n) is 5.26. The van der Waals surface area contributed by atoms with Crippen LogP contribution in [0.1, 0.15) is 0 Å². The molecule has 3 rings (SSSR count). The van der Waals surface area contributed by atoms with E-state index < -0.39 is 6.03 Å². The van der Waals surface area contributed by atoms with Crippen molar-refractivity contribution in [2.75, 3.05) is 17.7 Å². The molecule has 0 heterocycles. The van der Waals surface area contributed by atoms with Gasteiger partial charge in [-0.25, -0.2) is 4.79 Å². The average Bonchev–Trinajstić information content (AvgIpc) is 2.58. The van der Waals surface area contributed by atoms with E-state index in [0.717, 1.165) is 9.86 Å². The molecule has 7 heteroatoms. The highest BCUT2D eigenvalue weighted by Gasteiger charge is 2.13. The van der Waals surface area contributed by atoms with Crippen LogP contribution in [-0.2, 0) is 0 Å². The van der Waals surface area contributed by atoms with Crippen LogP contribution in [-0.4, -0.2) is 18.2 Å². The van der Waals surface area contributed by atoms with Crippen molar-refractivity contribution >= 4 is 60.0 Å². The molecule has 0 unspecified atom stereocenters. The number of aromatic hydroxyl groups is 1. The molecule has 0 spiro atoms. The highest BCUT2D eigenvalue weighted by atomic mass is 79.9. The lowest BCUT2D eigenvalue weighted by atomic mass is 10.1. The Balaban J connectivity index is 1.91. The van der Waals surface area contributed by atoms with Gasteiger partial charge in [0.05, 0.1) is 12.8 Å². The molecule has 5 nitrogen and oxygen atoms in total. The first kappa shape index (κ1) is 17.6. The Morgan fingerprint density at radius 1 is 1.00 bits per heavy atom. The van der Waals surface area contributed by atoms with Crippen LogP contribution in [0.5, 0.6) is 11.5 Å². The summed E-state index contributed by atoms with van der Waals surface area (Å²) in [6.07, 6.45) is 0. The summed E-state index contributed by atoms with van der Waals surface area (Å²) >= 11 is 6.94. The first-order chi connectivity index (χ1) is 12.0. The normalized spacial score (nSPS) is 10.5. The number of halogens is 2. The topological polar surface area (TPSA) is 70.6 Å². The summed E-state index contributed by atoms with van der Waals surface area (Å²) in [5, 5.41) is 17.0. The summed E-state index contributed by atoms with van der Waals surface area (Å²) in [7, 11) is 1.57. The van der Waals surface area contributed by atoms with Crippen molar-refractivity contribution in [1.29, 1.82) is 0 Å². The summed E-state index contributed by atoms with van der Waals surface area (Å²) in [5.41, 5.74) is 1.17. The number of urea groups is 1. The highest BCUT2D eigenvalue weighted by molar-refractivity contribution is 9.11. The number of amides is 2. The molecule has 0 atom stereocenters. The quantitative estimate of drug-likeness (QED) is 0.463. The van der Waals surface area contributed by atoms with E-state index in [4.69, 9.17) is 4.74 Å². The van der Waals surface area contributed by atoms with Crippen LogP contribution in [0.4, 0.5) is 16.2 Å². The van der Waals surface area contributed by atoms with Crippen LogP contribution in [0.15, 0.2) is 57.5 Å². The fourth-order valence-electron chi connectivity index (χ4n) is 2.44. The van der Waals surface area contributed by atoms with Gasteiger partial charge in [-0.2, -0.15) is 0 Å². The third-order valence-electron chi connectivity index (χ3n) is 3.59. The first-order valence-electron chi connectivity index (χ1n) is 7.30. The number of carbonyl (C=O) groups is 1. The Labute approximate surface area is 161 Å². The van der Waals surface area contributed by atoms with Gasteiger partial charge in [-0.05, 0) is 57.7 Å². The first-order valence-corrected chi connectivity index (χ1v) is 8.89. The van der Waals surface area contributed by atoms with E-state index >= 15 is 0 Å². The second kappa shape index (κ2) is 7.33. The number of fused-ring (bicyclic) bond motifs is 1. The van der Waals surface area contributed by atoms with Crippen molar-refractivity contribution in [3.05, 3.63) is 57.5 Å². The third-order valence-corrected chi connectivity index (χ3v) is 4.87. The SMILES string of the molecule is COc1cccc(NC(=O)Nc2c(Br)cc(Br)c3ccc(O)cc23)c1. The van der Waals surface area contributed by atoms with Crippen LogP contribution >= 0.6 is 31.9 Å². The minimum Gasteiger partial charge on any atom is -0.508 e. The van der Waals surface area contributed by atoms with Gasteiger partial charge >= 0.3 is 6.03 Å². The molecule has 0 aliphatic rings. The van der Waals surface area contributed by atoms with Crippen LogP contribution in [0.25, 0.3) is 10.8 Å². The maximum absolute atomic E-state index is 12.4. The number of hydrogen-bond acceptors (Lipinski definition) is 3. The molecule has 0 bridgehead atoms. The zero-order chi connectivity index (χ0) is 18.0. The standard InChI is InChI=1S/C18H14Br2N2O3/c1-25-12-4-2-3-10(7-12)21-18(24)22-17-14-8-11(23)5-6-13(14)15(19)9-16(17)20/h2-9,23H,1H3,(H2,21,22,24). The van der Waals surface area contributed by atoms with E-state index in [0.29, 0.717) is 27.0 Å². The lowest BCUT2D eigenvalue weighted by molar-refractivity contribution is 0.262. The second-order valence-corrected chi connectivity index (χ2v) is 6.96. The zero-order valence-corrected chi connectivity index (χ0v) is 16.3. The van der Waals surface area contributed by atoms with E-state index in [-0.39, 0.29) is 5.75 Å². The Bertz CT molecular complexity index is 960. The molecule has 0 aromatic heterocycles. The van der Waals surface area contributed by atoms with Crippen molar-refractivity contribution < 1.29 is 14.6 Å². The summed E-state index contributed by atoms with van der Waals surface area (Å²) < 4.78 is 6.69. The maximum atomic E-state index is 12.4. The van der Waals surface area contributed by atoms with Gasteiger partial charge in [-0.3, -0.25) is 0 Å². The Morgan fingerprint density at radius 3 is 2.56 bits per heavy atom. The van der Waals surface area contributed by atoms with Crippen molar-refractivity contribution in [3.8, 4) is 11.5 Å². The largest absolute Gasteiger partial charge is 0.508 e. The number of benzene rings is 3. The highest BCUT2D eigenvalue weighted by Crippen LogP contribution is 2.38. The van der Waals surface area contributed by atoms with Gasteiger partial charge in [0.2, 0.25) is 0 Å². The molecule has 0 saturated carbocycles. The number of carbonyl (C=O) groups excluding carboxylic acids is 1. The van der Waals surface area contributed by atoms with E-state index in [2.05, 4.69) is 42.5 Å². The molecule has 128 valence electrons. The number of rotatable bonds is 3. The summed E-state index contributed by atoms with van der Waals surface area (Å²) in [6.45, 7) is 0. The lowest BCUT2D eigenvalue weighted by Crippen LogP contribution is -2.19. The van der Waals surface area contributed by atoms with Gasteiger partial charge in [0.25, 0.3) is 0 Å². The maximum Gasteiger partial charge on any atom is 0.323 e.